The molecule has 0 spiro atoms. The van der Waals surface area contributed by atoms with E-state index in [9.17, 15) is 4.79 Å². The minimum absolute atomic E-state index is 0.257. The summed E-state index contributed by atoms with van der Waals surface area (Å²) < 4.78 is 0. The van der Waals surface area contributed by atoms with Crippen LogP contribution in [0.1, 0.15) is 19.8 Å². The number of likely N-dealkylation sites (N-methyl/N-ethyl adjacent to an activating group) is 1. The molecule has 4 heteroatoms. The van der Waals surface area contributed by atoms with Gasteiger partial charge in [0.2, 0.25) is 5.91 Å². The highest BCUT2D eigenvalue weighted by atomic mass is 16.2. The van der Waals surface area contributed by atoms with Gasteiger partial charge in [-0.1, -0.05) is 6.92 Å². The summed E-state index contributed by atoms with van der Waals surface area (Å²) in [6.07, 6.45) is 1.63. The lowest BCUT2D eigenvalue weighted by molar-refractivity contribution is -0.131. The van der Waals surface area contributed by atoms with E-state index in [1.165, 1.54) is 0 Å². The van der Waals surface area contributed by atoms with Crippen molar-refractivity contribution >= 4 is 5.91 Å². The number of rotatable bonds is 8. The van der Waals surface area contributed by atoms with Crippen LogP contribution in [0.2, 0.25) is 0 Å². The molecular formula is C11H25N3O. The second kappa shape index (κ2) is 8.68. The van der Waals surface area contributed by atoms with Gasteiger partial charge < -0.3 is 15.1 Å². The van der Waals surface area contributed by atoms with Crippen molar-refractivity contribution in [3.63, 3.8) is 0 Å². The Morgan fingerprint density at radius 2 is 1.87 bits per heavy atom. The maximum atomic E-state index is 11.8. The van der Waals surface area contributed by atoms with Gasteiger partial charge in [0.05, 0.1) is 0 Å². The molecule has 0 bridgehead atoms. The quantitative estimate of drug-likeness (QED) is 0.636. The van der Waals surface area contributed by atoms with Crippen LogP contribution in [0.5, 0.6) is 0 Å². The first-order chi connectivity index (χ1) is 7.11. The fourth-order valence-electron chi connectivity index (χ4n) is 1.34. The zero-order valence-electron chi connectivity index (χ0n) is 10.5. The van der Waals surface area contributed by atoms with Crippen molar-refractivity contribution < 1.29 is 4.79 Å². The van der Waals surface area contributed by atoms with E-state index < -0.39 is 0 Å². The van der Waals surface area contributed by atoms with Crippen molar-refractivity contribution in [2.45, 2.75) is 19.8 Å². The summed E-state index contributed by atoms with van der Waals surface area (Å²) in [5.41, 5.74) is 0. The monoisotopic (exact) mass is 215 g/mol. The molecule has 0 fully saturated rings. The molecule has 1 N–H and O–H groups in total. The number of hydrogen-bond donors (Lipinski definition) is 1. The Labute approximate surface area is 93.6 Å². The van der Waals surface area contributed by atoms with Crippen LogP contribution in [0.4, 0.5) is 0 Å². The molecule has 0 aliphatic carbocycles. The Kier molecular flexibility index (Phi) is 8.33. The Morgan fingerprint density at radius 3 is 2.33 bits per heavy atom. The molecule has 4 nitrogen and oxygen atoms in total. The molecule has 0 aliphatic heterocycles. The third-order valence-electron chi connectivity index (χ3n) is 2.25. The molecule has 0 rings (SSSR count). The van der Waals surface area contributed by atoms with Crippen LogP contribution in [0.3, 0.4) is 0 Å². The summed E-state index contributed by atoms with van der Waals surface area (Å²) in [5, 5.41) is 3.00. The summed E-state index contributed by atoms with van der Waals surface area (Å²) in [7, 11) is 5.93. The van der Waals surface area contributed by atoms with E-state index in [0.717, 1.165) is 32.6 Å². The zero-order chi connectivity index (χ0) is 11.7. The van der Waals surface area contributed by atoms with E-state index in [1.54, 1.807) is 0 Å². The molecule has 0 heterocycles. The van der Waals surface area contributed by atoms with E-state index in [-0.39, 0.29) is 5.91 Å². The van der Waals surface area contributed by atoms with Gasteiger partial charge in [0.15, 0.2) is 0 Å². The molecule has 0 aromatic carbocycles. The van der Waals surface area contributed by atoms with Crippen molar-refractivity contribution in [1.29, 1.82) is 0 Å². The second-order valence-corrected chi connectivity index (χ2v) is 4.04. The summed E-state index contributed by atoms with van der Waals surface area (Å²) in [6, 6.07) is 0. The van der Waals surface area contributed by atoms with E-state index in [1.807, 2.05) is 26.0 Å². The second-order valence-electron chi connectivity index (χ2n) is 4.04. The first-order valence-corrected chi connectivity index (χ1v) is 5.69. The molecule has 0 atom stereocenters. The van der Waals surface area contributed by atoms with Crippen LogP contribution in [0.15, 0.2) is 0 Å². The number of carbonyl (C=O) groups excluding carboxylic acids is 1. The number of carbonyl (C=O) groups is 1. The predicted octanol–water partition coefficient (Wildman–Crippen LogP) is 0.396. The molecule has 0 aliphatic rings. The Bertz CT molecular complexity index is 171. The molecule has 0 saturated carbocycles. The molecular weight excluding hydrogens is 190 g/mol. The minimum Gasteiger partial charge on any atom is -0.341 e. The highest BCUT2D eigenvalue weighted by Gasteiger charge is 2.11. The molecule has 0 saturated heterocycles. The summed E-state index contributed by atoms with van der Waals surface area (Å²) in [4.78, 5) is 15.8. The average Bonchev–Trinajstić information content (AvgIpc) is 2.20. The molecule has 1 amide bonds. The van der Waals surface area contributed by atoms with E-state index in [4.69, 9.17) is 0 Å². The lowest BCUT2D eigenvalue weighted by atomic mass is 10.3. The fraction of sp³-hybridized carbons (Fsp3) is 0.909. The fourth-order valence-corrected chi connectivity index (χ4v) is 1.34. The van der Waals surface area contributed by atoms with Gasteiger partial charge in [0.25, 0.3) is 0 Å². The first-order valence-electron chi connectivity index (χ1n) is 5.69. The maximum absolute atomic E-state index is 11.8. The van der Waals surface area contributed by atoms with Gasteiger partial charge in [-0.25, -0.2) is 0 Å². The van der Waals surface area contributed by atoms with E-state index in [0.29, 0.717) is 6.42 Å². The van der Waals surface area contributed by atoms with Gasteiger partial charge >= 0.3 is 0 Å². The van der Waals surface area contributed by atoms with Crippen LogP contribution in [-0.4, -0.2) is 63.0 Å². The molecule has 0 unspecified atom stereocenters. The summed E-state index contributed by atoms with van der Waals surface area (Å²) in [5.74, 6) is 0.257. The van der Waals surface area contributed by atoms with Crippen molar-refractivity contribution in [2.24, 2.45) is 0 Å². The van der Waals surface area contributed by atoms with Crippen LogP contribution >= 0.6 is 0 Å². The zero-order valence-corrected chi connectivity index (χ0v) is 10.5. The van der Waals surface area contributed by atoms with Gasteiger partial charge in [-0.15, -0.1) is 0 Å². The summed E-state index contributed by atoms with van der Waals surface area (Å²) in [6.45, 7) is 5.51. The standard InChI is InChI=1S/C11H25N3O/c1-5-8-14(10-9-13(3)4)11(15)6-7-12-2/h12H,5-10H2,1-4H3. The summed E-state index contributed by atoms with van der Waals surface area (Å²) >= 11 is 0. The Morgan fingerprint density at radius 1 is 1.20 bits per heavy atom. The third-order valence-corrected chi connectivity index (χ3v) is 2.25. The molecule has 0 radical (unpaired) electrons. The van der Waals surface area contributed by atoms with Gasteiger partial charge in [0.1, 0.15) is 0 Å². The van der Waals surface area contributed by atoms with E-state index in [2.05, 4.69) is 17.1 Å². The molecule has 0 aromatic rings. The highest BCUT2D eigenvalue weighted by molar-refractivity contribution is 5.76. The van der Waals surface area contributed by atoms with Gasteiger partial charge in [-0.05, 0) is 27.6 Å². The van der Waals surface area contributed by atoms with Crippen LogP contribution in [0.25, 0.3) is 0 Å². The van der Waals surface area contributed by atoms with Crippen LogP contribution in [-0.2, 0) is 4.79 Å². The predicted molar refractivity (Wildman–Crippen MR) is 64.0 cm³/mol. The third kappa shape index (κ3) is 7.33. The van der Waals surface area contributed by atoms with Gasteiger partial charge in [-0.3, -0.25) is 4.79 Å². The highest BCUT2D eigenvalue weighted by Crippen LogP contribution is 1.96. The van der Waals surface area contributed by atoms with Gasteiger partial charge in [-0.2, -0.15) is 0 Å². The van der Waals surface area contributed by atoms with Crippen molar-refractivity contribution in [3.8, 4) is 0 Å². The Balaban J connectivity index is 3.94. The number of amides is 1. The molecule has 0 aromatic heterocycles. The number of hydrogen-bond acceptors (Lipinski definition) is 3. The lowest BCUT2D eigenvalue weighted by Crippen LogP contribution is -2.38. The van der Waals surface area contributed by atoms with Crippen molar-refractivity contribution in [2.75, 3.05) is 47.3 Å². The number of nitrogens with zero attached hydrogens (tertiary/aromatic N) is 2. The lowest BCUT2D eigenvalue weighted by Gasteiger charge is -2.24. The van der Waals surface area contributed by atoms with Crippen LogP contribution < -0.4 is 5.32 Å². The molecule has 90 valence electrons. The smallest absolute Gasteiger partial charge is 0.223 e. The average molecular weight is 215 g/mol. The number of nitrogens with one attached hydrogen (secondary N) is 1. The Hall–Kier alpha value is -0.610. The minimum atomic E-state index is 0.257. The van der Waals surface area contributed by atoms with Crippen molar-refractivity contribution in [1.82, 2.24) is 15.1 Å². The maximum Gasteiger partial charge on any atom is 0.223 e. The first kappa shape index (κ1) is 14.4. The molecule has 15 heavy (non-hydrogen) atoms. The topological polar surface area (TPSA) is 35.6 Å². The normalized spacial score (nSPS) is 10.7. The SMILES string of the molecule is CCCN(CCN(C)C)C(=O)CCNC. The largest absolute Gasteiger partial charge is 0.341 e. The van der Waals surface area contributed by atoms with Crippen LogP contribution in [0, 0.1) is 0 Å². The van der Waals surface area contributed by atoms with Crippen molar-refractivity contribution in [3.05, 3.63) is 0 Å². The van der Waals surface area contributed by atoms with Gasteiger partial charge in [0, 0.05) is 32.6 Å². The van der Waals surface area contributed by atoms with E-state index >= 15 is 0 Å².